The number of aliphatic imine (C=N–C) groups is 1. The minimum atomic E-state index is -1.03. The van der Waals surface area contributed by atoms with Gasteiger partial charge in [0.1, 0.15) is 40.1 Å². The second kappa shape index (κ2) is 25.3. The number of piperazine rings is 1. The first kappa shape index (κ1) is 59.1. The second-order valence-corrected chi connectivity index (χ2v) is 23.7. The normalized spacial score (nSPS) is 20.8. The summed E-state index contributed by atoms with van der Waals surface area (Å²) in [5, 5.41) is 8.58. The van der Waals surface area contributed by atoms with Crippen LogP contribution in [0.25, 0.3) is 5.65 Å². The molecule has 0 saturated carbocycles. The minimum Gasteiger partial charge on any atom is -0.493 e. The van der Waals surface area contributed by atoms with Crippen molar-refractivity contribution in [3.8, 4) is 11.5 Å². The van der Waals surface area contributed by atoms with E-state index in [4.69, 9.17) is 52.1 Å². The Morgan fingerprint density at radius 2 is 1.52 bits per heavy atom. The maximum Gasteiger partial charge on any atom is 0.326 e. The van der Waals surface area contributed by atoms with Crippen molar-refractivity contribution in [3.05, 3.63) is 158 Å². The molecule has 4 atom stereocenters. The molecule has 0 unspecified atom stereocenters. The predicted octanol–water partition coefficient (Wildman–Crippen LogP) is 10.5. The van der Waals surface area contributed by atoms with E-state index < -0.39 is 11.1 Å². The SMILES string of the molecule is CCOc1cc(C(C)(C)C)ccc1C1=N[C@](C)(c2ccc(Cl)cc2)[C@](C)(c2ccc(Cl)cc2)N1C(=O)N1CCN(CCOCCOCCC(=O)NCCN2C[C@H](C)Oc3ccc(C)cc3[C@@H](C)Cc3ccn4ncc(c4n3)C2=O)CC1. The molecule has 2 aromatic heterocycles. The zero-order valence-electron chi connectivity index (χ0n) is 48.3. The molecule has 16 nitrogen and oxygen atoms in total. The number of hydrogen-bond donors (Lipinski definition) is 1. The van der Waals surface area contributed by atoms with E-state index in [9.17, 15) is 9.59 Å². The third-order valence-electron chi connectivity index (χ3n) is 16.0. The number of nitrogens with zero attached hydrogens (tertiary/aromatic N) is 8. The standard InChI is InChI=1S/C63H77Cl2N9O7/c1-10-80-55-39-47(61(5,6)7)16-21-51(55)58-69-62(8,45-12-17-48(64)18-13-45)63(9,46-14-19-49(65)20-15-46)74(58)60(77)71-30-28-70(29-31-71)32-34-79-36-35-78-33-24-56(75)66-25-27-72-41-44(4)81-54-22-11-42(2)37-52(54)43(3)38-50-23-26-73-57(68-50)53(40-67-73)59(72)76/h11-23,26,37,39-40,43-44H,10,24-25,27-36,38,41H2,1-9H3,(H,66,75)/t43-,44-,62+,63-/m0/s1. The van der Waals surface area contributed by atoms with Crippen molar-refractivity contribution in [3.63, 3.8) is 0 Å². The molecule has 1 saturated heterocycles. The summed E-state index contributed by atoms with van der Waals surface area (Å²) in [5.74, 6) is 1.69. The van der Waals surface area contributed by atoms with Crippen LogP contribution in [-0.4, -0.2) is 149 Å². The van der Waals surface area contributed by atoms with Gasteiger partial charge in [-0.2, -0.15) is 5.10 Å². The lowest BCUT2D eigenvalue weighted by atomic mass is 9.71. The van der Waals surface area contributed by atoms with Crippen LogP contribution < -0.4 is 14.8 Å². The van der Waals surface area contributed by atoms with E-state index in [0.29, 0.717) is 105 Å². The van der Waals surface area contributed by atoms with Gasteiger partial charge in [0.25, 0.3) is 5.91 Å². The van der Waals surface area contributed by atoms with E-state index in [1.54, 1.807) is 15.6 Å². The van der Waals surface area contributed by atoms with Crippen molar-refractivity contribution in [1.29, 1.82) is 0 Å². The number of aromatic nitrogens is 3. The van der Waals surface area contributed by atoms with Crippen LogP contribution in [0.2, 0.25) is 10.0 Å². The number of fused-ring (bicyclic) bond motifs is 2. The molecule has 5 heterocycles. The lowest BCUT2D eigenvalue weighted by Gasteiger charge is -2.47. The molecule has 1 fully saturated rings. The zero-order chi connectivity index (χ0) is 57.6. The molecule has 2 bridgehead atoms. The number of hydrogen-bond acceptors (Lipinski definition) is 11. The molecule has 6 aromatic rings. The van der Waals surface area contributed by atoms with Gasteiger partial charge in [0.2, 0.25) is 5.91 Å². The fraction of sp³-hybridized carbons (Fsp3) is 0.460. The Bertz CT molecular complexity index is 3230. The molecule has 0 radical (unpaired) electrons. The van der Waals surface area contributed by atoms with Crippen LogP contribution >= 0.6 is 23.2 Å². The van der Waals surface area contributed by atoms with Gasteiger partial charge in [-0.05, 0) is 123 Å². The van der Waals surface area contributed by atoms with Gasteiger partial charge < -0.3 is 34.1 Å². The van der Waals surface area contributed by atoms with Crippen LogP contribution in [-0.2, 0) is 37.2 Å². The Kier molecular flexibility index (Phi) is 18.4. The number of benzene rings is 4. The molecule has 81 heavy (non-hydrogen) atoms. The van der Waals surface area contributed by atoms with Crippen molar-refractivity contribution in [2.75, 3.05) is 85.4 Å². The van der Waals surface area contributed by atoms with Crippen molar-refractivity contribution in [2.24, 2.45) is 4.99 Å². The van der Waals surface area contributed by atoms with Crippen molar-refractivity contribution >= 4 is 52.5 Å². The fourth-order valence-corrected chi connectivity index (χ4v) is 11.4. The van der Waals surface area contributed by atoms with Crippen LogP contribution in [0.1, 0.15) is 117 Å². The number of nitrogens with one attached hydrogen (secondary N) is 1. The number of rotatable bonds is 17. The first-order chi connectivity index (χ1) is 38.8. The number of aryl methyl sites for hydroxylation is 1. The van der Waals surface area contributed by atoms with E-state index in [0.717, 1.165) is 44.8 Å². The molecular weight excluding hydrogens is 1070 g/mol. The Balaban J connectivity index is 0.765. The summed E-state index contributed by atoms with van der Waals surface area (Å²) in [7, 11) is 0. The van der Waals surface area contributed by atoms with E-state index in [1.165, 1.54) is 0 Å². The smallest absolute Gasteiger partial charge is 0.326 e. The molecule has 4 aromatic carbocycles. The van der Waals surface area contributed by atoms with Gasteiger partial charge in [-0.15, -0.1) is 0 Å². The van der Waals surface area contributed by atoms with Gasteiger partial charge >= 0.3 is 6.03 Å². The monoisotopic (exact) mass is 1140 g/mol. The quantitative estimate of drug-likeness (QED) is 0.0873. The molecule has 430 valence electrons. The van der Waals surface area contributed by atoms with Gasteiger partial charge in [0, 0.05) is 74.2 Å². The summed E-state index contributed by atoms with van der Waals surface area (Å²) in [6, 6.07) is 29.6. The zero-order valence-corrected chi connectivity index (χ0v) is 49.8. The van der Waals surface area contributed by atoms with Crippen LogP contribution in [0.3, 0.4) is 0 Å². The fourth-order valence-electron chi connectivity index (χ4n) is 11.2. The van der Waals surface area contributed by atoms with Gasteiger partial charge in [0.15, 0.2) is 5.65 Å². The lowest BCUT2D eigenvalue weighted by molar-refractivity contribution is -0.122. The molecule has 4 amide bonds. The van der Waals surface area contributed by atoms with E-state index in [2.05, 4.69) is 82.0 Å². The van der Waals surface area contributed by atoms with Gasteiger partial charge in [-0.25, -0.2) is 14.3 Å². The molecular formula is C63H77Cl2N9O7. The number of urea groups is 1. The highest BCUT2D eigenvalue weighted by Crippen LogP contribution is 2.54. The predicted molar refractivity (Wildman–Crippen MR) is 317 cm³/mol. The lowest BCUT2D eigenvalue weighted by Crippen LogP contribution is -2.60. The van der Waals surface area contributed by atoms with Crippen molar-refractivity contribution in [1.82, 2.24) is 39.5 Å². The molecule has 0 spiro atoms. The molecule has 0 aliphatic carbocycles. The highest BCUT2D eigenvalue weighted by molar-refractivity contribution is 6.30. The van der Waals surface area contributed by atoms with Crippen molar-refractivity contribution < 1.29 is 33.3 Å². The number of amidine groups is 1. The molecule has 3 aliphatic heterocycles. The summed E-state index contributed by atoms with van der Waals surface area (Å²) in [6.07, 6.45) is 3.90. The average Bonchev–Trinajstić information content (AvgIpc) is 3.87. The third kappa shape index (κ3) is 13.1. The van der Waals surface area contributed by atoms with Crippen LogP contribution in [0, 0.1) is 6.92 Å². The summed E-state index contributed by atoms with van der Waals surface area (Å²) < 4.78 is 26.3. The second-order valence-electron chi connectivity index (χ2n) is 22.8. The highest BCUT2D eigenvalue weighted by atomic mass is 35.5. The van der Waals surface area contributed by atoms with Crippen LogP contribution in [0.4, 0.5) is 4.79 Å². The molecule has 18 heteroatoms. The third-order valence-corrected chi connectivity index (χ3v) is 16.5. The highest BCUT2D eigenvalue weighted by Gasteiger charge is 2.60. The van der Waals surface area contributed by atoms with Crippen LogP contribution in [0.15, 0.2) is 108 Å². The minimum absolute atomic E-state index is 0.125. The topological polar surface area (TPSA) is 156 Å². The molecule has 3 aliphatic rings. The summed E-state index contributed by atoms with van der Waals surface area (Å²) in [4.78, 5) is 60.9. The van der Waals surface area contributed by atoms with Crippen LogP contribution in [0.5, 0.6) is 11.5 Å². The number of carbonyl (C=O) groups excluding carboxylic acids is 3. The average molecular weight is 1140 g/mol. The molecule has 9 rings (SSSR count). The first-order valence-electron chi connectivity index (χ1n) is 28.3. The van der Waals surface area contributed by atoms with Gasteiger partial charge in [0.05, 0.1) is 51.3 Å². The van der Waals surface area contributed by atoms with Gasteiger partial charge in [-0.1, -0.05) is 98.9 Å². The maximum atomic E-state index is 15.5. The largest absolute Gasteiger partial charge is 0.493 e. The Morgan fingerprint density at radius 3 is 2.21 bits per heavy atom. The summed E-state index contributed by atoms with van der Waals surface area (Å²) >= 11 is 13.0. The Hall–Kier alpha value is -6.56. The number of halogens is 2. The number of carbonyl (C=O) groups is 3. The molecule has 1 N–H and O–H groups in total. The Morgan fingerprint density at radius 1 is 0.827 bits per heavy atom. The van der Waals surface area contributed by atoms with E-state index in [-0.39, 0.29) is 61.4 Å². The summed E-state index contributed by atoms with van der Waals surface area (Å²) in [6.45, 7) is 24.5. The van der Waals surface area contributed by atoms with E-state index >= 15 is 4.79 Å². The summed E-state index contributed by atoms with van der Waals surface area (Å²) in [5.41, 5.74) is 5.47. The van der Waals surface area contributed by atoms with Crippen molar-refractivity contribution in [2.45, 2.75) is 104 Å². The number of ether oxygens (including phenoxy) is 4. The number of amides is 4. The van der Waals surface area contributed by atoms with Gasteiger partial charge in [-0.3, -0.25) is 24.4 Å². The maximum absolute atomic E-state index is 15.5. The first-order valence-corrected chi connectivity index (χ1v) is 29.1. The Labute approximate surface area is 486 Å². The van der Waals surface area contributed by atoms with E-state index in [1.807, 2.05) is 103 Å².